The molecule has 3 heterocycles. The van der Waals surface area contributed by atoms with Gasteiger partial charge < -0.3 is 10.2 Å². The SMILES string of the molecule is Cc1ccnc2nc(C(=O)Nc3ccccc3N3CCCC3)nn12. The second kappa shape index (κ2) is 5.92. The molecule has 0 aliphatic carbocycles. The number of benzene rings is 1. The summed E-state index contributed by atoms with van der Waals surface area (Å²) in [6, 6.07) is 9.67. The van der Waals surface area contributed by atoms with Gasteiger partial charge in [0.15, 0.2) is 0 Å². The van der Waals surface area contributed by atoms with Crippen molar-refractivity contribution in [3.63, 3.8) is 0 Å². The van der Waals surface area contributed by atoms with Gasteiger partial charge in [0.1, 0.15) is 0 Å². The van der Waals surface area contributed by atoms with Crippen molar-refractivity contribution < 1.29 is 4.79 Å². The zero-order chi connectivity index (χ0) is 16.5. The van der Waals surface area contributed by atoms with E-state index in [1.165, 1.54) is 12.8 Å². The maximum absolute atomic E-state index is 12.6. The summed E-state index contributed by atoms with van der Waals surface area (Å²) < 4.78 is 1.57. The second-order valence-corrected chi connectivity index (χ2v) is 5.90. The molecule has 0 radical (unpaired) electrons. The Bertz CT molecular complexity index is 897. The first-order valence-electron chi connectivity index (χ1n) is 8.06. The molecule has 1 aliphatic rings. The first kappa shape index (κ1) is 14.6. The van der Waals surface area contributed by atoms with Crippen molar-refractivity contribution in [1.82, 2.24) is 19.6 Å². The molecule has 7 heteroatoms. The lowest BCUT2D eigenvalue weighted by Crippen LogP contribution is -2.21. The quantitative estimate of drug-likeness (QED) is 0.801. The number of nitrogens with one attached hydrogen (secondary N) is 1. The first-order valence-corrected chi connectivity index (χ1v) is 8.06. The van der Waals surface area contributed by atoms with Gasteiger partial charge in [-0.1, -0.05) is 12.1 Å². The zero-order valence-electron chi connectivity index (χ0n) is 13.4. The Hall–Kier alpha value is -2.96. The normalized spacial score (nSPS) is 14.3. The third-order valence-electron chi connectivity index (χ3n) is 4.23. The van der Waals surface area contributed by atoms with E-state index in [0.717, 1.165) is 30.2 Å². The molecule has 1 aliphatic heterocycles. The van der Waals surface area contributed by atoms with Crippen LogP contribution in [0.4, 0.5) is 11.4 Å². The van der Waals surface area contributed by atoms with Crippen LogP contribution < -0.4 is 10.2 Å². The molecule has 0 saturated carbocycles. The van der Waals surface area contributed by atoms with Crippen LogP contribution in [0.1, 0.15) is 29.2 Å². The van der Waals surface area contributed by atoms with Gasteiger partial charge in [-0.2, -0.15) is 4.98 Å². The van der Waals surface area contributed by atoms with Crippen molar-refractivity contribution in [3.05, 3.63) is 48.0 Å². The molecule has 122 valence electrons. The lowest BCUT2D eigenvalue weighted by Gasteiger charge is -2.21. The van der Waals surface area contributed by atoms with Gasteiger partial charge in [-0.15, -0.1) is 5.10 Å². The van der Waals surface area contributed by atoms with Gasteiger partial charge in [0.2, 0.25) is 5.82 Å². The number of amides is 1. The number of carbonyl (C=O) groups is 1. The van der Waals surface area contributed by atoms with Crippen molar-refractivity contribution in [2.75, 3.05) is 23.3 Å². The van der Waals surface area contributed by atoms with Crippen LogP contribution in [0.3, 0.4) is 0 Å². The summed E-state index contributed by atoms with van der Waals surface area (Å²) in [6.45, 7) is 3.93. The van der Waals surface area contributed by atoms with Crippen molar-refractivity contribution in [1.29, 1.82) is 0 Å². The highest BCUT2D eigenvalue weighted by atomic mass is 16.2. The number of nitrogens with zero attached hydrogens (tertiary/aromatic N) is 5. The molecule has 0 unspecified atom stereocenters. The Balaban J connectivity index is 1.63. The predicted molar refractivity (Wildman–Crippen MR) is 91.4 cm³/mol. The molecule has 24 heavy (non-hydrogen) atoms. The third-order valence-corrected chi connectivity index (χ3v) is 4.23. The molecule has 1 saturated heterocycles. The minimum atomic E-state index is -0.327. The first-order chi connectivity index (χ1) is 11.7. The second-order valence-electron chi connectivity index (χ2n) is 5.90. The Labute approximate surface area is 139 Å². The van der Waals surface area contributed by atoms with Gasteiger partial charge in [-0.05, 0) is 38.0 Å². The molecular weight excluding hydrogens is 304 g/mol. The fraction of sp³-hybridized carbons (Fsp3) is 0.294. The molecule has 1 fully saturated rings. The summed E-state index contributed by atoms with van der Waals surface area (Å²) in [4.78, 5) is 23.2. The van der Waals surface area contributed by atoms with Gasteiger partial charge in [-0.25, -0.2) is 9.50 Å². The Morgan fingerprint density at radius 2 is 1.96 bits per heavy atom. The van der Waals surface area contributed by atoms with Gasteiger partial charge >= 0.3 is 0 Å². The number of hydrogen-bond acceptors (Lipinski definition) is 5. The van der Waals surface area contributed by atoms with Gasteiger partial charge in [-0.3, -0.25) is 4.79 Å². The standard InChI is InChI=1S/C17H18N6O/c1-12-8-9-18-17-20-15(21-23(12)17)16(24)19-13-6-2-3-7-14(13)22-10-4-5-11-22/h2-3,6-9H,4-5,10-11H2,1H3,(H,19,24). The van der Waals surface area contributed by atoms with Crippen LogP contribution in [0.5, 0.6) is 0 Å². The highest BCUT2D eigenvalue weighted by molar-refractivity contribution is 6.03. The number of anilines is 2. The molecule has 7 nitrogen and oxygen atoms in total. The molecule has 2 aromatic heterocycles. The topological polar surface area (TPSA) is 75.4 Å². The number of carbonyl (C=O) groups excluding carboxylic acids is 1. The van der Waals surface area contributed by atoms with E-state index in [2.05, 4.69) is 25.3 Å². The number of aromatic nitrogens is 4. The highest BCUT2D eigenvalue weighted by Gasteiger charge is 2.19. The summed E-state index contributed by atoms with van der Waals surface area (Å²) in [6.07, 6.45) is 4.02. The summed E-state index contributed by atoms with van der Waals surface area (Å²) in [5.74, 6) is 0.215. The summed E-state index contributed by atoms with van der Waals surface area (Å²) in [7, 11) is 0. The lowest BCUT2D eigenvalue weighted by molar-refractivity contribution is 0.101. The van der Waals surface area contributed by atoms with Crippen LogP contribution in [0, 0.1) is 6.92 Å². The largest absolute Gasteiger partial charge is 0.370 e. The van der Waals surface area contributed by atoms with E-state index in [1.807, 2.05) is 37.3 Å². The lowest BCUT2D eigenvalue weighted by atomic mass is 10.2. The molecule has 0 bridgehead atoms. The van der Waals surface area contributed by atoms with Crippen molar-refractivity contribution in [2.24, 2.45) is 0 Å². The Morgan fingerprint density at radius 3 is 2.75 bits per heavy atom. The molecule has 3 aromatic rings. The average molecular weight is 322 g/mol. The van der Waals surface area contributed by atoms with E-state index in [0.29, 0.717) is 5.78 Å². The molecule has 0 atom stereocenters. The van der Waals surface area contributed by atoms with Crippen LogP contribution in [0.15, 0.2) is 36.5 Å². The zero-order valence-corrected chi connectivity index (χ0v) is 13.4. The minimum Gasteiger partial charge on any atom is -0.370 e. The fourth-order valence-electron chi connectivity index (χ4n) is 2.99. The van der Waals surface area contributed by atoms with E-state index < -0.39 is 0 Å². The van der Waals surface area contributed by atoms with E-state index in [9.17, 15) is 4.79 Å². The minimum absolute atomic E-state index is 0.119. The van der Waals surface area contributed by atoms with E-state index in [4.69, 9.17) is 0 Å². The average Bonchev–Trinajstić information content (AvgIpc) is 3.25. The molecule has 1 N–H and O–H groups in total. The van der Waals surface area contributed by atoms with Crippen molar-refractivity contribution in [3.8, 4) is 0 Å². The summed E-state index contributed by atoms with van der Waals surface area (Å²) >= 11 is 0. The van der Waals surface area contributed by atoms with Gasteiger partial charge in [0, 0.05) is 25.0 Å². The Morgan fingerprint density at radius 1 is 1.17 bits per heavy atom. The number of aryl methyl sites for hydroxylation is 1. The number of rotatable bonds is 3. The number of hydrogen-bond donors (Lipinski definition) is 1. The van der Waals surface area contributed by atoms with Gasteiger partial charge in [0.25, 0.3) is 11.7 Å². The Kier molecular flexibility index (Phi) is 3.60. The van der Waals surface area contributed by atoms with Crippen molar-refractivity contribution in [2.45, 2.75) is 19.8 Å². The molecule has 1 amide bonds. The van der Waals surface area contributed by atoms with Crippen LogP contribution in [0.25, 0.3) is 5.78 Å². The summed E-state index contributed by atoms with van der Waals surface area (Å²) in [5.41, 5.74) is 2.71. The predicted octanol–water partition coefficient (Wildman–Crippen LogP) is 2.29. The maximum atomic E-state index is 12.6. The van der Waals surface area contributed by atoms with Crippen molar-refractivity contribution >= 4 is 23.1 Å². The smallest absolute Gasteiger partial charge is 0.295 e. The van der Waals surface area contributed by atoms with Crippen LogP contribution in [-0.2, 0) is 0 Å². The number of fused-ring (bicyclic) bond motifs is 1. The van der Waals surface area contributed by atoms with Gasteiger partial charge in [0.05, 0.1) is 11.4 Å². The van der Waals surface area contributed by atoms with E-state index >= 15 is 0 Å². The van der Waals surface area contributed by atoms with Crippen LogP contribution >= 0.6 is 0 Å². The maximum Gasteiger partial charge on any atom is 0.295 e. The molecule has 1 aromatic carbocycles. The van der Waals surface area contributed by atoms with Crippen LogP contribution in [-0.4, -0.2) is 38.6 Å². The van der Waals surface area contributed by atoms with E-state index in [-0.39, 0.29) is 11.7 Å². The number of para-hydroxylation sites is 2. The van der Waals surface area contributed by atoms with E-state index in [1.54, 1.807) is 10.7 Å². The third kappa shape index (κ3) is 2.58. The monoisotopic (exact) mass is 322 g/mol. The summed E-state index contributed by atoms with van der Waals surface area (Å²) in [5, 5.41) is 7.19. The highest BCUT2D eigenvalue weighted by Crippen LogP contribution is 2.28. The molecule has 0 spiro atoms. The molecule has 4 rings (SSSR count). The molecular formula is C17H18N6O. The van der Waals surface area contributed by atoms with Crippen LogP contribution in [0.2, 0.25) is 0 Å². The fourth-order valence-corrected chi connectivity index (χ4v) is 2.99.